The molecule has 0 fully saturated rings. The van der Waals surface area contributed by atoms with Crippen LogP contribution in [0.25, 0.3) is 0 Å². The van der Waals surface area contributed by atoms with Crippen LogP contribution in [0.15, 0.2) is 59.5 Å². The fraction of sp³-hybridized carbons (Fsp3) is 0.136. The van der Waals surface area contributed by atoms with Crippen LogP contribution in [-0.2, 0) is 21.3 Å². The molecule has 2 amide bonds. The van der Waals surface area contributed by atoms with Gasteiger partial charge in [-0.3, -0.25) is 19.2 Å². The molecule has 1 aliphatic rings. The number of anilines is 1. The standard InChI is InChI=1S/C22H17ClN2O6S2/c1-2-31-22(28)18-11-14(12-25-20(26)16-8-3-4-9-17(16)21(25)27)32-19(18)24-33(29,30)15-7-5-6-13(23)10-15/h3-11,24H,2,12H2,1H3. The molecule has 0 spiro atoms. The summed E-state index contributed by atoms with van der Waals surface area (Å²) in [4.78, 5) is 39.2. The van der Waals surface area contributed by atoms with Crippen LogP contribution >= 0.6 is 22.9 Å². The van der Waals surface area contributed by atoms with Crippen LogP contribution in [0, 0.1) is 0 Å². The van der Waals surface area contributed by atoms with E-state index in [-0.39, 0.29) is 33.6 Å². The molecule has 8 nitrogen and oxygen atoms in total. The van der Waals surface area contributed by atoms with E-state index >= 15 is 0 Å². The van der Waals surface area contributed by atoms with Crippen LogP contribution in [0.1, 0.15) is 42.9 Å². The number of nitrogens with zero attached hydrogens (tertiary/aromatic N) is 1. The number of imide groups is 1. The lowest BCUT2D eigenvalue weighted by molar-refractivity contribution is 0.0527. The number of amides is 2. The van der Waals surface area contributed by atoms with Gasteiger partial charge in [-0.1, -0.05) is 29.8 Å². The first-order chi connectivity index (χ1) is 15.7. The molecule has 2 aromatic carbocycles. The van der Waals surface area contributed by atoms with E-state index in [1.807, 2.05) is 0 Å². The maximum Gasteiger partial charge on any atom is 0.341 e. The lowest BCUT2D eigenvalue weighted by Crippen LogP contribution is -2.28. The summed E-state index contributed by atoms with van der Waals surface area (Å²) in [5.41, 5.74) is 0.581. The zero-order valence-corrected chi connectivity index (χ0v) is 19.6. The molecule has 0 aliphatic carbocycles. The monoisotopic (exact) mass is 504 g/mol. The van der Waals surface area contributed by atoms with Gasteiger partial charge in [0.25, 0.3) is 21.8 Å². The fourth-order valence-electron chi connectivity index (χ4n) is 3.31. The molecule has 0 radical (unpaired) electrons. The van der Waals surface area contributed by atoms with Crippen molar-refractivity contribution in [2.24, 2.45) is 0 Å². The Morgan fingerprint density at radius 1 is 1.06 bits per heavy atom. The van der Waals surface area contributed by atoms with Gasteiger partial charge in [0.15, 0.2) is 0 Å². The smallest absolute Gasteiger partial charge is 0.341 e. The number of carbonyl (C=O) groups excluding carboxylic acids is 3. The summed E-state index contributed by atoms with van der Waals surface area (Å²) in [5, 5.41) is 0.251. The van der Waals surface area contributed by atoms with Crippen LogP contribution < -0.4 is 4.72 Å². The molecule has 0 saturated carbocycles. The number of rotatable bonds is 7. The van der Waals surface area contributed by atoms with Crippen LogP contribution in [0.2, 0.25) is 5.02 Å². The van der Waals surface area contributed by atoms with Gasteiger partial charge in [0.1, 0.15) is 5.00 Å². The molecule has 33 heavy (non-hydrogen) atoms. The molecular weight excluding hydrogens is 488 g/mol. The lowest BCUT2D eigenvalue weighted by atomic mass is 10.1. The Kier molecular flexibility index (Phi) is 6.24. The Bertz CT molecular complexity index is 1350. The highest BCUT2D eigenvalue weighted by molar-refractivity contribution is 7.93. The number of sulfonamides is 1. The van der Waals surface area contributed by atoms with Crippen LogP contribution in [0.5, 0.6) is 0 Å². The Morgan fingerprint density at radius 3 is 2.33 bits per heavy atom. The molecule has 1 aromatic heterocycles. The molecular formula is C22H17ClN2O6S2. The quantitative estimate of drug-likeness (QED) is 0.382. The largest absolute Gasteiger partial charge is 0.462 e. The molecule has 1 aliphatic heterocycles. The number of esters is 1. The third-order valence-electron chi connectivity index (χ3n) is 4.80. The molecule has 4 rings (SSSR count). The minimum atomic E-state index is -4.07. The van der Waals surface area contributed by atoms with Crippen molar-refractivity contribution in [1.29, 1.82) is 0 Å². The number of thiophene rings is 1. The predicted octanol–water partition coefficient (Wildman–Crippen LogP) is 4.18. The number of benzene rings is 2. The third-order valence-corrected chi connectivity index (χ3v) is 7.55. The zero-order chi connectivity index (χ0) is 23.8. The summed E-state index contributed by atoms with van der Waals surface area (Å²) in [6.45, 7) is 1.59. The van der Waals surface area contributed by atoms with E-state index in [0.717, 1.165) is 16.2 Å². The van der Waals surface area contributed by atoms with E-state index in [1.54, 1.807) is 31.2 Å². The van der Waals surface area contributed by atoms with Gasteiger partial charge in [0, 0.05) is 9.90 Å². The molecule has 3 aromatic rings. The molecule has 0 atom stereocenters. The van der Waals surface area contributed by atoms with Gasteiger partial charge < -0.3 is 4.74 Å². The van der Waals surface area contributed by atoms with Crippen molar-refractivity contribution < 1.29 is 27.5 Å². The van der Waals surface area contributed by atoms with Gasteiger partial charge in [-0.15, -0.1) is 11.3 Å². The number of ether oxygens (including phenoxy) is 1. The second-order valence-corrected chi connectivity index (χ2v) is 10.2. The fourth-order valence-corrected chi connectivity index (χ4v) is 5.96. The lowest BCUT2D eigenvalue weighted by Gasteiger charge is -2.12. The summed E-state index contributed by atoms with van der Waals surface area (Å²) in [6, 6.07) is 13.6. The van der Waals surface area contributed by atoms with Gasteiger partial charge >= 0.3 is 5.97 Å². The van der Waals surface area contributed by atoms with Crippen LogP contribution in [0.4, 0.5) is 5.00 Å². The topological polar surface area (TPSA) is 110 Å². The number of hydrogen-bond donors (Lipinski definition) is 1. The van der Waals surface area contributed by atoms with E-state index in [1.165, 1.54) is 30.3 Å². The Morgan fingerprint density at radius 2 is 1.73 bits per heavy atom. The summed E-state index contributed by atoms with van der Waals surface area (Å²) < 4.78 is 33.2. The Labute approximate surface area is 198 Å². The normalized spacial score (nSPS) is 13.2. The number of hydrogen-bond acceptors (Lipinski definition) is 7. The maximum atomic E-state index is 12.9. The second-order valence-electron chi connectivity index (χ2n) is 6.98. The van der Waals surface area contributed by atoms with Gasteiger partial charge in [-0.05, 0) is 43.3 Å². The number of nitrogens with one attached hydrogen (secondary N) is 1. The summed E-state index contributed by atoms with van der Waals surface area (Å²) in [7, 11) is -4.07. The summed E-state index contributed by atoms with van der Waals surface area (Å²) >= 11 is 6.85. The Balaban J connectivity index is 1.66. The van der Waals surface area contributed by atoms with Crippen molar-refractivity contribution in [3.63, 3.8) is 0 Å². The molecule has 0 bridgehead atoms. The van der Waals surface area contributed by atoms with Crippen LogP contribution in [-0.4, -0.2) is 37.7 Å². The van der Waals surface area contributed by atoms with Crippen molar-refractivity contribution >= 4 is 55.7 Å². The van der Waals surface area contributed by atoms with Crippen molar-refractivity contribution in [3.05, 3.63) is 81.2 Å². The minimum Gasteiger partial charge on any atom is -0.462 e. The maximum absolute atomic E-state index is 12.9. The van der Waals surface area contributed by atoms with Gasteiger partial charge in [-0.25, -0.2) is 13.2 Å². The Hall–Kier alpha value is -3.21. The number of fused-ring (bicyclic) bond motifs is 1. The van der Waals surface area contributed by atoms with Gasteiger partial charge in [0.2, 0.25) is 0 Å². The average molecular weight is 505 g/mol. The SMILES string of the molecule is CCOC(=O)c1cc(CN2C(=O)c3ccccc3C2=O)sc1NS(=O)(=O)c1cccc(Cl)c1. The third kappa shape index (κ3) is 4.50. The summed E-state index contributed by atoms with van der Waals surface area (Å²) in [5.74, 6) is -1.64. The number of halogens is 1. The second kappa shape index (κ2) is 8.97. The summed E-state index contributed by atoms with van der Waals surface area (Å²) in [6.07, 6.45) is 0. The predicted molar refractivity (Wildman–Crippen MR) is 123 cm³/mol. The zero-order valence-electron chi connectivity index (χ0n) is 17.2. The molecule has 1 N–H and O–H groups in total. The minimum absolute atomic E-state index is 0.0139. The van der Waals surface area contributed by atoms with E-state index in [4.69, 9.17) is 16.3 Å². The molecule has 0 saturated heterocycles. The van der Waals surface area contributed by atoms with E-state index in [9.17, 15) is 22.8 Å². The number of carbonyl (C=O) groups is 3. The first kappa shape index (κ1) is 23.0. The molecule has 11 heteroatoms. The first-order valence-corrected chi connectivity index (χ1v) is 12.4. The highest BCUT2D eigenvalue weighted by Crippen LogP contribution is 2.34. The van der Waals surface area contributed by atoms with Gasteiger partial charge in [0.05, 0.1) is 34.7 Å². The van der Waals surface area contributed by atoms with Gasteiger partial charge in [-0.2, -0.15) is 0 Å². The van der Waals surface area contributed by atoms with Crippen molar-refractivity contribution in [3.8, 4) is 0 Å². The van der Waals surface area contributed by atoms with Crippen molar-refractivity contribution in [2.75, 3.05) is 11.3 Å². The molecule has 0 unspecified atom stereocenters. The molecule has 170 valence electrons. The van der Waals surface area contributed by atoms with Crippen molar-refractivity contribution in [2.45, 2.75) is 18.4 Å². The highest BCUT2D eigenvalue weighted by Gasteiger charge is 2.36. The average Bonchev–Trinajstić information content (AvgIpc) is 3.28. The van der Waals surface area contributed by atoms with Crippen LogP contribution in [0.3, 0.4) is 0 Å². The van der Waals surface area contributed by atoms with E-state index < -0.39 is 27.8 Å². The molecule has 2 heterocycles. The van der Waals surface area contributed by atoms with E-state index in [0.29, 0.717) is 16.0 Å². The first-order valence-electron chi connectivity index (χ1n) is 9.74. The van der Waals surface area contributed by atoms with Crippen molar-refractivity contribution in [1.82, 2.24) is 4.90 Å². The highest BCUT2D eigenvalue weighted by atomic mass is 35.5. The van der Waals surface area contributed by atoms with E-state index in [2.05, 4.69) is 4.72 Å².